The Hall–Kier alpha value is -0.220. The van der Waals surface area contributed by atoms with Gasteiger partial charge in [0.25, 0.3) is 0 Å². The number of aliphatic imine (C=N–C) groups is 1. The molecule has 1 aliphatic rings. The van der Waals surface area contributed by atoms with Crippen molar-refractivity contribution >= 4 is 16.9 Å². The number of nitrogens with zero attached hydrogens (tertiary/aromatic N) is 1. The molecule has 52 valence electrons. The van der Waals surface area contributed by atoms with E-state index in [0.29, 0.717) is 5.17 Å². The molecule has 0 fully saturated rings. The van der Waals surface area contributed by atoms with Crippen LogP contribution in [-0.4, -0.2) is 28.7 Å². The van der Waals surface area contributed by atoms with E-state index in [1.54, 1.807) is 0 Å². The number of rotatable bonds is 1. The van der Waals surface area contributed by atoms with Crippen LogP contribution in [0.4, 0.5) is 0 Å². The lowest BCUT2D eigenvalue weighted by Crippen LogP contribution is -2.22. The SMILES string of the molecule is NC1=NCCC(CO)S1. The highest BCUT2D eigenvalue weighted by molar-refractivity contribution is 8.14. The molecule has 0 spiro atoms. The molecule has 0 aromatic rings. The first-order valence-corrected chi connectivity index (χ1v) is 3.78. The number of hydrogen-bond donors (Lipinski definition) is 2. The van der Waals surface area contributed by atoms with Crippen molar-refractivity contribution in [3.8, 4) is 0 Å². The van der Waals surface area contributed by atoms with Crippen LogP contribution >= 0.6 is 11.8 Å². The molecule has 1 atom stereocenters. The molecule has 0 aliphatic carbocycles. The van der Waals surface area contributed by atoms with Gasteiger partial charge in [-0.05, 0) is 6.42 Å². The summed E-state index contributed by atoms with van der Waals surface area (Å²) < 4.78 is 0. The molecule has 0 aromatic heterocycles. The van der Waals surface area contributed by atoms with E-state index < -0.39 is 0 Å². The van der Waals surface area contributed by atoms with E-state index in [9.17, 15) is 0 Å². The second kappa shape index (κ2) is 3.08. The van der Waals surface area contributed by atoms with Gasteiger partial charge in [0.15, 0.2) is 5.17 Å². The molecule has 3 nitrogen and oxygen atoms in total. The lowest BCUT2D eigenvalue weighted by atomic mass is 10.3. The smallest absolute Gasteiger partial charge is 0.154 e. The molecule has 1 aliphatic heterocycles. The summed E-state index contributed by atoms with van der Waals surface area (Å²) in [5.74, 6) is 0. The Balaban J connectivity index is 2.39. The van der Waals surface area contributed by atoms with Crippen LogP contribution in [0.2, 0.25) is 0 Å². The van der Waals surface area contributed by atoms with Gasteiger partial charge in [-0.2, -0.15) is 0 Å². The van der Waals surface area contributed by atoms with E-state index >= 15 is 0 Å². The first kappa shape index (κ1) is 6.89. The second-order valence-electron chi connectivity index (χ2n) is 1.93. The van der Waals surface area contributed by atoms with Gasteiger partial charge in [-0.1, -0.05) is 11.8 Å². The minimum atomic E-state index is 0.209. The molecule has 1 rings (SSSR count). The van der Waals surface area contributed by atoms with Gasteiger partial charge >= 0.3 is 0 Å². The quantitative estimate of drug-likeness (QED) is 0.538. The lowest BCUT2D eigenvalue weighted by Gasteiger charge is -2.15. The highest BCUT2D eigenvalue weighted by atomic mass is 32.2. The molecule has 0 bridgehead atoms. The average molecular weight is 146 g/mol. The largest absolute Gasteiger partial charge is 0.395 e. The summed E-state index contributed by atoms with van der Waals surface area (Å²) in [4.78, 5) is 3.97. The van der Waals surface area contributed by atoms with Gasteiger partial charge in [-0.3, -0.25) is 4.99 Å². The molecule has 0 aromatic carbocycles. The highest BCUT2D eigenvalue weighted by Crippen LogP contribution is 2.18. The molecule has 0 saturated heterocycles. The van der Waals surface area contributed by atoms with E-state index in [2.05, 4.69) is 4.99 Å². The Bertz CT molecular complexity index is 126. The third kappa shape index (κ3) is 1.87. The fourth-order valence-corrected chi connectivity index (χ4v) is 1.52. The van der Waals surface area contributed by atoms with Crippen molar-refractivity contribution < 1.29 is 5.11 Å². The van der Waals surface area contributed by atoms with Gasteiger partial charge in [0, 0.05) is 11.8 Å². The highest BCUT2D eigenvalue weighted by Gasteiger charge is 2.13. The predicted molar refractivity (Wildman–Crippen MR) is 39.6 cm³/mol. The average Bonchev–Trinajstić information content (AvgIpc) is 1.88. The molecular weight excluding hydrogens is 136 g/mol. The van der Waals surface area contributed by atoms with E-state index in [0.717, 1.165) is 13.0 Å². The maximum atomic E-state index is 8.68. The van der Waals surface area contributed by atoms with Crippen molar-refractivity contribution in [2.75, 3.05) is 13.2 Å². The Labute approximate surface area is 58.3 Å². The summed E-state index contributed by atoms with van der Waals surface area (Å²) in [7, 11) is 0. The molecule has 0 radical (unpaired) electrons. The van der Waals surface area contributed by atoms with Gasteiger partial charge in [0.1, 0.15) is 0 Å². The third-order valence-corrected chi connectivity index (χ3v) is 2.30. The minimum Gasteiger partial charge on any atom is -0.395 e. The number of nitrogens with two attached hydrogens (primary N) is 1. The molecule has 3 N–H and O–H groups in total. The normalized spacial score (nSPS) is 27.7. The fourth-order valence-electron chi connectivity index (χ4n) is 0.714. The van der Waals surface area contributed by atoms with E-state index in [1.165, 1.54) is 11.8 Å². The molecule has 9 heavy (non-hydrogen) atoms. The first-order chi connectivity index (χ1) is 4.33. The number of hydrogen-bond acceptors (Lipinski definition) is 4. The zero-order chi connectivity index (χ0) is 6.69. The Morgan fingerprint density at radius 2 is 2.67 bits per heavy atom. The van der Waals surface area contributed by atoms with Gasteiger partial charge in [-0.15, -0.1) is 0 Å². The second-order valence-corrected chi connectivity index (χ2v) is 3.25. The van der Waals surface area contributed by atoms with Crippen molar-refractivity contribution in [3.63, 3.8) is 0 Å². The monoisotopic (exact) mass is 146 g/mol. The Morgan fingerprint density at radius 1 is 1.89 bits per heavy atom. The van der Waals surface area contributed by atoms with Crippen molar-refractivity contribution in [2.24, 2.45) is 10.7 Å². The van der Waals surface area contributed by atoms with Gasteiger partial charge < -0.3 is 10.8 Å². The van der Waals surface area contributed by atoms with Crippen molar-refractivity contribution in [2.45, 2.75) is 11.7 Å². The van der Waals surface area contributed by atoms with Crippen LogP contribution in [-0.2, 0) is 0 Å². The molecule has 0 saturated carbocycles. The summed E-state index contributed by atoms with van der Waals surface area (Å²) in [6.07, 6.45) is 0.946. The van der Waals surface area contributed by atoms with Gasteiger partial charge in [0.2, 0.25) is 0 Å². The van der Waals surface area contributed by atoms with Crippen LogP contribution in [0.15, 0.2) is 4.99 Å². The minimum absolute atomic E-state index is 0.209. The van der Waals surface area contributed by atoms with Crippen molar-refractivity contribution in [3.05, 3.63) is 0 Å². The van der Waals surface area contributed by atoms with Gasteiger partial charge in [0.05, 0.1) is 6.61 Å². The van der Waals surface area contributed by atoms with Crippen LogP contribution in [0.3, 0.4) is 0 Å². The number of thioether (sulfide) groups is 1. The summed E-state index contributed by atoms with van der Waals surface area (Å²) in [5.41, 5.74) is 5.40. The van der Waals surface area contributed by atoms with Crippen LogP contribution in [0.1, 0.15) is 6.42 Å². The lowest BCUT2D eigenvalue weighted by molar-refractivity contribution is 0.291. The topological polar surface area (TPSA) is 58.6 Å². The fraction of sp³-hybridized carbons (Fsp3) is 0.800. The van der Waals surface area contributed by atoms with Crippen LogP contribution in [0, 0.1) is 0 Å². The van der Waals surface area contributed by atoms with Crippen LogP contribution in [0.25, 0.3) is 0 Å². The maximum absolute atomic E-state index is 8.68. The van der Waals surface area contributed by atoms with E-state index in [1.807, 2.05) is 0 Å². The molecular formula is C5H10N2OS. The predicted octanol–water partition coefficient (Wildman–Crippen LogP) is -0.201. The van der Waals surface area contributed by atoms with Crippen molar-refractivity contribution in [1.82, 2.24) is 0 Å². The summed E-state index contributed by atoms with van der Waals surface area (Å²) >= 11 is 1.46. The number of aliphatic hydroxyl groups is 1. The molecule has 1 unspecified atom stereocenters. The van der Waals surface area contributed by atoms with Gasteiger partial charge in [-0.25, -0.2) is 0 Å². The van der Waals surface area contributed by atoms with Crippen LogP contribution < -0.4 is 5.73 Å². The standard InChI is InChI=1S/C5H10N2OS/c6-5-7-2-1-4(3-8)9-5/h4,8H,1-3H2,(H2,6,7). The zero-order valence-electron chi connectivity index (χ0n) is 5.08. The number of aliphatic hydroxyl groups excluding tert-OH is 1. The summed E-state index contributed by atoms with van der Waals surface area (Å²) in [5, 5.41) is 9.57. The van der Waals surface area contributed by atoms with E-state index in [-0.39, 0.29) is 11.9 Å². The number of amidine groups is 1. The molecule has 4 heteroatoms. The summed E-state index contributed by atoms with van der Waals surface area (Å²) in [6.45, 7) is 0.977. The molecule has 1 heterocycles. The van der Waals surface area contributed by atoms with Crippen molar-refractivity contribution in [1.29, 1.82) is 0 Å². The Kier molecular flexibility index (Phi) is 2.36. The zero-order valence-corrected chi connectivity index (χ0v) is 5.90. The van der Waals surface area contributed by atoms with E-state index in [4.69, 9.17) is 10.8 Å². The summed E-state index contributed by atoms with van der Waals surface area (Å²) in [6, 6.07) is 0. The Morgan fingerprint density at radius 3 is 3.11 bits per heavy atom. The maximum Gasteiger partial charge on any atom is 0.154 e. The molecule has 0 amide bonds. The first-order valence-electron chi connectivity index (χ1n) is 2.90. The van der Waals surface area contributed by atoms with Crippen LogP contribution in [0.5, 0.6) is 0 Å². The third-order valence-electron chi connectivity index (χ3n) is 1.21.